The van der Waals surface area contributed by atoms with Crippen molar-refractivity contribution in [1.29, 1.82) is 0 Å². The Hall–Kier alpha value is -2.15. The SMILES string of the molecule is CCOP(=O)(OCC)C(C(=O)N/C=C/c1ccc(N)cc1)c1csc2ccc(Cl)cc12. The zero-order chi connectivity index (χ0) is 22.4. The molecule has 31 heavy (non-hydrogen) atoms. The lowest BCUT2D eigenvalue weighted by Crippen LogP contribution is -2.26. The molecule has 1 atom stereocenters. The molecule has 2 aromatic carbocycles. The van der Waals surface area contributed by atoms with Gasteiger partial charge in [-0.1, -0.05) is 23.7 Å². The Labute approximate surface area is 190 Å². The van der Waals surface area contributed by atoms with E-state index in [1.807, 2.05) is 18.2 Å². The fourth-order valence-electron chi connectivity index (χ4n) is 3.14. The van der Waals surface area contributed by atoms with Gasteiger partial charge in [0.15, 0.2) is 5.66 Å². The van der Waals surface area contributed by atoms with Crippen LogP contribution in [0.3, 0.4) is 0 Å². The van der Waals surface area contributed by atoms with Gasteiger partial charge >= 0.3 is 7.60 Å². The van der Waals surface area contributed by atoms with Crippen LogP contribution in [0.5, 0.6) is 0 Å². The largest absolute Gasteiger partial charge is 0.399 e. The number of rotatable bonds is 9. The highest BCUT2D eigenvalue weighted by atomic mass is 35.5. The zero-order valence-corrected chi connectivity index (χ0v) is 19.7. The maximum absolute atomic E-state index is 13.7. The van der Waals surface area contributed by atoms with Crippen molar-refractivity contribution in [2.45, 2.75) is 19.5 Å². The molecule has 0 aliphatic carbocycles. The second-order valence-corrected chi connectivity index (χ2v) is 10.1. The predicted molar refractivity (Wildman–Crippen MR) is 128 cm³/mol. The van der Waals surface area contributed by atoms with E-state index in [0.29, 0.717) is 16.3 Å². The fourth-order valence-corrected chi connectivity index (χ4v) is 6.39. The molecule has 0 aliphatic rings. The number of nitrogen functional groups attached to an aromatic ring is 1. The molecule has 0 radical (unpaired) electrons. The summed E-state index contributed by atoms with van der Waals surface area (Å²) in [6.07, 6.45) is 3.23. The van der Waals surface area contributed by atoms with Gasteiger partial charge in [-0.25, -0.2) is 0 Å². The van der Waals surface area contributed by atoms with Crippen LogP contribution in [0.1, 0.15) is 30.6 Å². The second-order valence-electron chi connectivity index (χ2n) is 6.62. The number of anilines is 1. The number of hydrogen-bond acceptors (Lipinski definition) is 6. The summed E-state index contributed by atoms with van der Waals surface area (Å²) in [5.41, 5.74) is 6.63. The van der Waals surface area contributed by atoms with Crippen molar-refractivity contribution in [3.05, 3.63) is 70.2 Å². The first-order chi connectivity index (χ1) is 14.9. The predicted octanol–water partition coefficient (Wildman–Crippen LogP) is 6.23. The van der Waals surface area contributed by atoms with E-state index in [9.17, 15) is 9.36 Å². The van der Waals surface area contributed by atoms with Gasteiger partial charge in [0.1, 0.15) is 0 Å². The van der Waals surface area contributed by atoms with Gasteiger partial charge < -0.3 is 20.1 Å². The number of nitrogens with one attached hydrogen (secondary N) is 1. The Bertz CT molecular complexity index is 1120. The zero-order valence-electron chi connectivity index (χ0n) is 17.2. The number of carbonyl (C=O) groups excluding carboxylic acids is 1. The van der Waals surface area contributed by atoms with Crippen molar-refractivity contribution in [3.63, 3.8) is 0 Å². The number of fused-ring (bicyclic) bond motifs is 1. The monoisotopic (exact) mass is 478 g/mol. The lowest BCUT2D eigenvalue weighted by atomic mass is 10.1. The summed E-state index contributed by atoms with van der Waals surface area (Å²) in [4.78, 5) is 13.3. The molecule has 3 N–H and O–H groups in total. The Morgan fingerprint density at radius 2 is 1.87 bits per heavy atom. The van der Waals surface area contributed by atoms with Gasteiger partial charge in [0.25, 0.3) is 0 Å². The van der Waals surface area contributed by atoms with Gasteiger partial charge in [0.05, 0.1) is 13.2 Å². The van der Waals surface area contributed by atoms with E-state index in [-0.39, 0.29) is 13.2 Å². The van der Waals surface area contributed by atoms with Crippen molar-refractivity contribution >= 4 is 58.3 Å². The first-order valence-electron chi connectivity index (χ1n) is 9.76. The molecular weight excluding hydrogens is 455 g/mol. The van der Waals surface area contributed by atoms with Crippen molar-refractivity contribution in [3.8, 4) is 0 Å². The lowest BCUT2D eigenvalue weighted by molar-refractivity contribution is -0.120. The molecule has 6 nitrogen and oxygen atoms in total. The van der Waals surface area contributed by atoms with Crippen LogP contribution in [0.2, 0.25) is 5.02 Å². The highest BCUT2D eigenvalue weighted by Crippen LogP contribution is 2.62. The average molecular weight is 479 g/mol. The van der Waals surface area contributed by atoms with E-state index in [2.05, 4.69) is 5.32 Å². The molecule has 164 valence electrons. The molecule has 0 fully saturated rings. The van der Waals surface area contributed by atoms with E-state index in [0.717, 1.165) is 15.6 Å². The summed E-state index contributed by atoms with van der Waals surface area (Å²) in [6, 6.07) is 12.6. The molecule has 0 saturated carbocycles. The molecule has 0 bridgehead atoms. The molecule has 0 aliphatic heterocycles. The maximum Gasteiger partial charge on any atom is 0.347 e. The number of carbonyl (C=O) groups is 1. The number of benzene rings is 2. The summed E-state index contributed by atoms with van der Waals surface area (Å²) in [6.45, 7) is 3.71. The van der Waals surface area contributed by atoms with Crippen LogP contribution in [-0.4, -0.2) is 19.1 Å². The van der Waals surface area contributed by atoms with Crippen LogP contribution < -0.4 is 11.1 Å². The Kier molecular flexibility index (Phi) is 7.92. The van der Waals surface area contributed by atoms with E-state index in [1.54, 1.807) is 49.6 Å². The Morgan fingerprint density at radius 1 is 1.19 bits per heavy atom. The topological polar surface area (TPSA) is 90.6 Å². The standard InChI is InChI=1S/C22H24ClN2O4PS/c1-3-28-30(27,29-4-2)21(19-14-31-20-10-7-16(23)13-18(19)20)22(26)25-12-11-15-5-8-17(24)9-6-15/h5-14,21H,3-4,24H2,1-2H3,(H,25,26)/b12-11+. The minimum Gasteiger partial charge on any atom is -0.399 e. The quantitative estimate of drug-likeness (QED) is 0.281. The molecule has 1 amide bonds. The summed E-state index contributed by atoms with van der Waals surface area (Å²) in [5.74, 6) is -0.489. The molecule has 3 aromatic rings. The fraction of sp³-hybridized carbons (Fsp3) is 0.227. The molecule has 1 aromatic heterocycles. The van der Waals surface area contributed by atoms with Gasteiger partial charge in [-0.05, 0) is 72.1 Å². The third-order valence-corrected chi connectivity index (χ3v) is 8.08. The van der Waals surface area contributed by atoms with E-state index >= 15 is 0 Å². The van der Waals surface area contributed by atoms with Gasteiger partial charge in [0.2, 0.25) is 5.91 Å². The van der Waals surface area contributed by atoms with Crippen molar-refractivity contribution in [1.82, 2.24) is 5.32 Å². The van der Waals surface area contributed by atoms with Crippen LogP contribution in [0.15, 0.2) is 54.0 Å². The maximum atomic E-state index is 13.7. The molecule has 1 heterocycles. The highest BCUT2D eigenvalue weighted by Gasteiger charge is 2.43. The minimum absolute atomic E-state index is 0.144. The van der Waals surface area contributed by atoms with Gasteiger partial charge in [-0.15, -0.1) is 11.3 Å². The number of halogens is 1. The van der Waals surface area contributed by atoms with Crippen LogP contribution in [-0.2, 0) is 18.4 Å². The normalized spacial score (nSPS) is 13.0. The van der Waals surface area contributed by atoms with E-state index in [1.165, 1.54) is 17.5 Å². The first kappa shape index (κ1) is 23.5. The van der Waals surface area contributed by atoms with Gasteiger partial charge in [0, 0.05) is 21.6 Å². The van der Waals surface area contributed by atoms with Crippen molar-refractivity contribution < 1.29 is 18.4 Å². The van der Waals surface area contributed by atoms with Crippen molar-refractivity contribution in [2.75, 3.05) is 18.9 Å². The summed E-state index contributed by atoms with van der Waals surface area (Å²) in [7, 11) is -3.81. The summed E-state index contributed by atoms with van der Waals surface area (Å²) >= 11 is 7.63. The highest BCUT2D eigenvalue weighted by molar-refractivity contribution is 7.55. The van der Waals surface area contributed by atoms with Crippen LogP contribution in [0.4, 0.5) is 5.69 Å². The average Bonchev–Trinajstić information content (AvgIpc) is 3.12. The number of nitrogens with two attached hydrogens (primary N) is 1. The number of thiophene rings is 1. The molecule has 0 saturated heterocycles. The number of amides is 1. The molecular formula is C22H24ClN2O4PS. The van der Waals surface area contributed by atoms with Gasteiger partial charge in [-0.2, -0.15) is 0 Å². The summed E-state index contributed by atoms with van der Waals surface area (Å²) in [5, 5.41) is 5.80. The molecule has 9 heteroatoms. The third-order valence-electron chi connectivity index (χ3n) is 4.48. The van der Waals surface area contributed by atoms with Gasteiger partial charge in [-0.3, -0.25) is 9.36 Å². The van der Waals surface area contributed by atoms with E-state index in [4.69, 9.17) is 26.4 Å². The summed E-state index contributed by atoms with van der Waals surface area (Å²) < 4.78 is 25.7. The molecule has 1 unspecified atom stereocenters. The smallest absolute Gasteiger partial charge is 0.347 e. The first-order valence-corrected chi connectivity index (χ1v) is 12.6. The van der Waals surface area contributed by atoms with Crippen LogP contribution >= 0.6 is 30.5 Å². The Morgan fingerprint density at radius 3 is 2.52 bits per heavy atom. The lowest BCUT2D eigenvalue weighted by Gasteiger charge is -2.25. The van der Waals surface area contributed by atoms with Crippen molar-refractivity contribution in [2.24, 2.45) is 0 Å². The van der Waals surface area contributed by atoms with Crippen LogP contribution in [0, 0.1) is 0 Å². The second kappa shape index (κ2) is 10.4. The Balaban J connectivity index is 1.98. The number of hydrogen-bond donors (Lipinski definition) is 2. The third kappa shape index (κ3) is 5.56. The van der Waals surface area contributed by atoms with E-state index < -0.39 is 19.2 Å². The minimum atomic E-state index is -3.81. The molecule has 3 rings (SSSR count). The van der Waals surface area contributed by atoms with Crippen LogP contribution in [0.25, 0.3) is 16.2 Å². The molecule has 0 spiro atoms.